The molecule has 0 atom stereocenters. The molecule has 0 amide bonds. The molecule has 1 aliphatic carbocycles. The molecule has 0 saturated heterocycles. The fraction of sp³-hybridized carbons (Fsp3) is 0.368. The van der Waals surface area contributed by atoms with E-state index < -0.39 is 0 Å². The highest BCUT2D eigenvalue weighted by Crippen LogP contribution is 2.28. The van der Waals surface area contributed by atoms with Crippen LogP contribution >= 0.6 is 0 Å². The number of fused-ring (bicyclic) bond motifs is 1. The summed E-state index contributed by atoms with van der Waals surface area (Å²) in [6.07, 6.45) is 4.49. The summed E-state index contributed by atoms with van der Waals surface area (Å²) in [4.78, 5) is 0. The number of aliphatic hydroxyl groups is 1. The lowest BCUT2D eigenvalue weighted by molar-refractivity contribution is 0.181. The Morgan fingerprint density at radius 1 is 1.10 bits per heavy atom. The van der Waals surface area contributed by atoms with E-state index in [9.17, 15) is 0 Å². The molecule has 108 valence electrons. The van der Waals surface area contributed by atoms with Crippen LogP contribution in [0.2, 0.25) is 0 Å². The molecule has 0 aliphatic heterocycles. The highest BCUT2D eigenvalue weighted by atomic mass is 16.5. The van der Waals surface area contributed by atoms with Crippen LogP contribution in [-0.2, 0) is 0 Å². The maximum atomic E-state index is 8.74. The molecule has 2 heteroatoms. The quantitative estimate of drug-likeness (QED) is 0.864. The molecule has 2 aromatic carbocycles. The van der Waals surface area contributed by atoms with Crippen molar-refractivity contribution in [3.05, 3.63) is 42.0 Å². The largest absolute Gasteiger partial charge is 0.493 e. The zero-order chi connectivity index (χ0) is 14.5. The molecule has 0 radical (unpaired) electrons. The lowest BCUT2D eigenvalue weighted by Crippen LogP contribution is -2.19. The smallest absolute Gasteiger partial charge is 0.119 e. The Labute approximate surface area is 125 Å². The number of ether oxygens (including phenoxy) is 1. The molecule has 2 nitrogen and oxygen atoms in total. The minimum Gasteiger partial charge on any atom is -0.493 e. The van der Waals surface area contributed by atoms with Gasteiger partial charge in [-0.25, -0.2) is 0 Å². The highest BCUT2D eigenvalue weighted by Gasteiger charge is 2.17. The van der Waals surface area contributed by atoms with Crippen LogP contribution in [0.15, 0.2) is 36.4 Å². The summed E-state index contributed by atoms with van der Waals surface area (Å²) in [5.74, 6) is 7.72. The van der Waals surface area contributed by atoms with Gasteiger partial charge in [0.2, 0.25) is 0 Å². The Morgan fingerprint density at radius 3 is 2.67 bits per heavy atom. The van der Waals surface area contributed by atoms with E-state index in [2.05, 4.69) is 36.1 Å². The summed E-state index contributed by atoms with van der Waals surface area (Å²) in [5.41, 5.74) is 0.985. The van der Waals surface area contributed by atoms with Crippen LogP contribution in [0.3, 0.4) is 0 Å². The normalized spacial score (nSPS) is 14.3. The first-order valence-electron chi connectivity index (χ1n) is 7.61. The third-order valence-electron chi connectivity index (χ3n) is 3.99. The molecule has 1 fully saturated rings. The van der Waals surface area contributed by atoms with Gasteiger partial charge in [-0.1, -0.05) is 30.4 Å². The van der Waals surface area contributed by atoms with Crippen LogP contribution in [-0.4, -0.2) is 18.3 Å². The summed E-state index contributed by atoms with van der Waals surface area (Å²) < 4.78 is 5.87. The maximum absolute atomic E-state index is 8.74. The Balaban J connectivity index is 1.73. The van der Waals surface area contributed by atoms with Crippen LogP contribution in [0.1, 0.15) is 31.2 Å². The van der Waals surface area contributed by atoms with Gasteiger partial charge in [-0.05, 0) is 53.8 Å². The Bertz CT molecular complexity index is 675. The van der Waals surface area contributed by atoms with E-state index in [1.165, 1.54) is 30.0 Å². The van der Waals surface area contributed by atoms with Crippen LogP contribution < -0.4 is 4.74 Å². The molecule has 1 N–H and O–H groups in total. The van der Waals surface area contributed by atoms with E-state index in [1.54, 1.807) is 0 Å². The van der Waals surface area contributed by atoms with E-state index >= 15 is 0 Å². The minimum absolute atomic E-state index is 0.113. The standard InChI is InChI=1S/C19H20O2/c20-11-2-1-4-15-7-8-18-13-19(10-9-17(18)12-15)21-14-16-5-3-6-16/h7-10,12-13,16,20H,2-3,5-6,11,14H2. The Hall–Kier alpha value is -1.98. The van der Waals surface area contributed by atoms with Crippen LogP contribution in [0.25, 0.3) is 10.8 Å². The SMILES string of the molecule is OCCC#Cc1ccc2cc(OCC3CCC3)ccc2c1. The summed E-state index contributed by atoms with van der Waals surface area (Å²) in [6.45, 7) is 0.957. The lowest BCUT2D eigenvalue weighted by atomic mass is 9.86. The molecule has 0 bridgehead atoms. The molecule has 3 rings (SSSR count). The van der Waals surface area contributed by atoms with Crippen molar-refractivity contribution in [2.75, 3.05) is 13.2 Å². The van der Waals surface area contributed by atoms with E-state index in [1.807, 2.05) is 12.1 Å². The third kappa shape index (κ3) is 3.56. The minimum atomic E-state index is 0.113. The van der Waals surface area contributed by atoms with Crippen LogP contribution in [0, 0.1) is 17.8 Å². The van der Waals surface area contributed by atoms with Gasteiger partial charge in [-0.15, -0.1) is 0 Å². The van der Waals surface area contributed by atoms with Gasteiger partial charge < -0.3 is 9.84 Å². The van der Waals surface area contributed by atoms with Crippen LogP contribution in [0.5, 0.6) is 5.75 Å². The number of hydrogen-bond donors (Lipinski definition) is 1. The molecule has 0 aromatic heterocycles. The second-order valence-electron chi connectivity index (χ2n) is 5.61. The number of rotatable bonds is 4. The van der Waals surface area contributed by atoms with Gasteiger partial charge >= 0.3 is 0 Å². The first-order chi connectivity index (χ1) is 10.3. The summed E-state index contributed by atoms with van der Waals surface area (Å²) in [7, 11) is 0. The predicted octanol–water partition coefficient (Wildman–Crippen LogP) is 3.75. The molecule has 21 heavy (non-hydrogen) atoms. The monoisotopic (exact) mass is 280 g/mol. The second kappa shape index (κ2) is 6.65. The van der Waals surface area contributed by atoms with E-state index in [4.69, 9.17) is 9.84 Å². The van der Waals surface area contributed by atoms with Gasteiger partial charge in [-0.3, -0.25) is 0 Å². The van der Waals surface area contributed by atoms with Crippen LogP contribution in [0.4, 0.5) is 0 Å². The highest BCUT2D eigenvalue weighted by molar-refractivity contribution is 5.85. The number of benzene rings is 2. The molecule has 0 heterocycles. The van der Waals surface area contributed by atoms with Crippen molar-refractivity contribution < 1.29 is 9.84 Å². The van der Waals surface area contributed by atoms with E-state index in [-0.39, 0.29) is 6.61 Å². The zero-order valence-electron chi connectivity index (χ0n) is 12.1. The first kappa shape index (κ1) is 14.0. The fourth-order valence-electron chi connectivity index (χ4n) is 2.49. The van der Waals surface area contributed by atoms with Crippen molar-refractivity contribution in [2.45, 2.75) is 25.7 Å². The Kier molecular flexibility index (Phi) is 4.43. The lowest BCUT2D eigenvalue weighted by Gasteiger charge is -2.25. The molecule has 1 aliphatic rings. The fourth-order valence-corrected chi connectivity index (χ4v) is 2.49. The Morgan fingerprint density at radius 2 is 1.90 bits per heavy atom. The molecular formula is C19H20O2. The number of hydrogen-bond acceptors (Lipinski definition) is 2. The van der Waals surface area contributed by atoms with Gasteiger partial charge in [0, 0.05) is 12.0 Å². The average Bonchev–Trinajstić information content (AvgIpc) is 2.46. The van der Waals surface area contributed by atoms with Gasteiger partial charge in [0.25, 0.3) is 0 Å². The summed E-state index contributed by atoms with van der Waals surface area (Å²) in [6, 6.07) is 12.4. The van der Waals surface area contributed by atoms with Gasteiger partial charge in [0.1, 0.15) is 5.75 Å². The van der Waals surface area contributed by atoms with Crippen molar-refractivity contribution in [1.82, 2.24) is 0 Å². The molecular weight excluding hydrogens is 260 g/mol. The van der Waals surface area contributed by atoms with Gasteiger partial charge in [0.15, 0.2) is 0 Å². The van der Waals surface area contributed by atoms with E-state index in [0.717, 1.165) is 23.8 Å². The molecule has 1 saturated carbocycles. The first-order valence-corrected chi connectivity index (χ1v) is 7.61. The van der Waals surface area contributed by atoms with Crippen molar-refractivity contribution in [1.29, 1.82) is 0 Å². The topological polar surface area (TPSA) is 29.5 Å². The second-order valence-corrected chi connectivity index (χ2v) is 5.61. The maximum Gasteiger partial charge on any atom is 0.119 e. The van der Waals surface area contributed by atoms with Gasteiger partial charge in [0.05, 0.1) is 13.2 Å². The summed E-state index contributed by atoms with van der Waals surface area (Å²) in [5, 5.41) is 11.1. The third-order valence-corrected chi connectivity index (χ3v) is 3.99. The molecule has 0 spiro atoms. The predicted molar refractivity (Wildman–Crippen MR) is 85.4 cm³/mol. The van der Waals surface area contributed by atoms with Gasteiger partial charge in [-0.2, -0.15) is 0 Å². The van der Waals surface area contributed by atoms with Crippen molar-refractivity contribution in [2.24, 2.45) is 5.92 Å². The summed E-state index contributed by atoms with van der Waals surface area (Å²) >= 11 is 0. The zero-order valence-corrected chi connectivity index (χ0v) is 12.1. The van der Waals surface area contributed by atoms with E-state index in [0.29, 0.717) is 6.42 Å². The van der Waals surface area contributed by atoms with Crippen molar-refractivity contribution >= 4 is 10.8 Å². The number of aliphatic hydroxyl groups excluding tert-OH is 1. The van der Waals surface area contributed by atoms with Crippen molar-refractivity contribution in [3.63, 3.8) is 0 Å². The average molecular weight is 280 g/mol. The molecule has 0 unspecified atom stereocenters. The van der Waals surface area contributed by atoms with Crippen molar-refractivity contribution in [3.8, 4) is 17.6 Å². The molecule has 2 aromatic rings.